The van der Waals surface area contributed by atoms with Gasteiger partial charge in [-0.3, -0.25) is 19.6 Å². The number of aromatic nitrogens is 4. The van der Waals surface area contributed by atoms with Crippen LogP contribution in [0.4, 0.5) is 10.3 Å². The number of pyridine rings is 2. The number of thiazole rings is 2. The molecular weight excluding hydrogens is 812 g/mol. The van der Waals surface area contributed by atoms with Gasteiger partial charge in [0.05, 0.1) is 21.2 Å². The fraction of sp³-hybridized carbons (Fsp3) is 0.167. The summed E-state index contributed by atoms with van der Waals surface area (Å²) >= 11 is 14.0. The highest BCUT2D eigenvalue weighted by atomic mass is 35.5. The van der Waals surface area contributed by atoms with Crippen LogP contribution in [0.5, 0.6) is 0 Å². The van der Waals surface area contributed by atoms with Gasteiger partial charge in [-0.15, -0.1) is 22.7 Å². The molecule has 12 nitrogen and oxygen atoms in total. The predicted molar refractivity (Wildman–Crippen MR) is 213 cm³/mol. The van der Waals surface area contributed by atoms with Crippen molar-refractivity contribution >= 4 is 87.6 Å². The Bertz CT molecular complexity index is 2300. The number of hydrogen-bond acceptors (Lipinski definition) is 12. The van der Waals surface area contributed by atoms with E-state index in [0.29, 0.717) is 37.4 Å². The van der Waals surface area contributed by atoms with E-state index < -0.39 is 41.0 Å². The number of benzene rings is 2. The lowest BCUT2D eigenvalue weighted by Gasteiger charge is -2.23. The number of carbonyl (C=O) groups excluding carboxylic acids is 2. The lowest BCUT2D eigenvalue weighted by atomic mass is 10.2. The van der Waals surface area contributed by atoms with E-state index in [1.54, 1.807) is 47.5 Å². The van der Waals surface area contributed by atoms with Crippen LogP contribution < -0.4 is 10.6 Å². The standard InChI is InChI=1S/2C18H16ClN3O3S2/c1-18(2,27(24,25)14-7-5-13(19)6-8-14)16(23)22-17-21-15(11-26-17)12-4-3-9-20-10-12;1-18(2,27(24,25)13-8-6-12(19)7-9-13)16(23)22-17-21-15(11-26-17)14-5-3-4-10-20-14/h2*3-11H,1-2H3,(H,21,22,23). The molecule has 0 aliphatic rings. The molecule has 0 atom stereocenters. The average molecular weight is 844 g/mol. The van der Waals surface area contributed by atoms with Crippen molar-refractivity contribution in [2.24, 2.45) is 0 Å². The van der Waals surface area contributed by atoms with Crippen molar-refractivity contribution in [3.05, 3.63) is 118 Å². The summed E-state index contributed by atoms with van der Waals surface area (Å²) in [6, 6.07) is 20.5. The molecule has 6 rings (SSSR count). The van der Waals surface area contributed by atoms with E-state index in [1.807, 2.05) is 12.1 Å². The van der Waals surface area contributed by atoms with Gasteiger partial charge in [0.25, 0.3) is 0 Å². The Kier molecular flexibility index (Phi) is 12.3. The third-order valence-electron chi connectivity index (χ3n) is 8.02. The van der Waals surface area contributed by atoms with Gasteiger partial charge in [0.2, 0.25) is 11.8 Å². The second kappa shape index (κ2) is 16.4. The van der Waals surface area contributed by atoms with Crippen molar-refractivity contribution < 1.29 is 26.4 Å². The van der Waals surface area contributed by atoms with Crippen LogP contribution in [0.2, 0.25) is 10.0 Å². The second-order valence-corrected chi connectivity index (χ2v) is 20.0. The molecule has 0 unspecified atom stereocenters. The van der Waals surface area contributed by atoms with Gasteiger partial charge in [-0.05, 0) is 100 Å². The molecule has 0 radical (unpaired) electrons. The van der Waals surface area contributed by atoms with E-state index in [9.17, 15) is 26.4 Å². The number of carbonyl (C=O) groups is 2. The third kappa shape index (κ3) is 8.86. The lowest BCUT2D eigenvalue weighted by Crippen LogP contribution is -2.44. The fourth-order valence-electron chi connectivity index (χ4n) is 4.50. The summed E-state index contributed by atoms with van der Waals surface area (Å²) in [5.74, 6) is -1.33. The Labute approximate surface area is 330 Å². The Balaban J connectivity index is 0.000000208. The first-order valence-electron chi connectivity index (χ1n) is 15.8. The number of nitrogens with one attached hydrogen (secondary N) is 2. The van der Waals surface area contributed by atoms with Gasteiger partial charge in [-0.2, -0.15) is 0 Å². The normalized spacial score (nSPS) is 12.0. The zero-order chi connectivity index (χ0) is 39.3. The van der Waals surface area contributed by atoms with Gasteiger partial charge in [-0.25, -0.2) is 26.8 Å². The molecule has 0 aliphatic carbocycles. The molecule has 0 aliphatic heterocycles. The number of sulfone groups is 2. The average Bonchev–Trinajstić information content (AvgIpc) is 3.83. The van der Waals surface area contributed by atoms with Gasteiger partial charge < -0.3 is 10.6 Å². The molecule has 54 heavy (non-hydrogen) atoms. The summed E-state index contributed by atoms with van der Waals surface area (Å²) in [5.41, 5.74) is 2.74. The molecule has 18 heteroatoms. The Morgan fingerprint density at radius 2 is 1.09 bits per heavy atom. The summed E-state index contributed by atoms with van der Waals surface area (Å²) in [4.78, 5) is 42.3. The van der Waals surface area contributed by atoms with E-state index in [0.717, 1.165) is 5.56 Å². The molecule has 2 amide bonds. The fourth-order valence-corrected chi connectivity index (χ4v) is 8.92. The molecule has 6 aromatic rings. The van der Waals surface area contributed by atoms with Crippen LogP contribution in [-0.2, 0) is 29.3 Å². The zero-order valence-electron chi connectivity index (χ0n) is 29.0. The number of halogens is 2. The van der Waals surface area contributed by atoms with Crippen LogP contribution in [0.25, 0.3) is 22.6 Å². The lowest BCUT2D eigenvalue weighted by molar-refractivity contribution is -0.118. The number of amides is 2. The van der Waals surface area contributed by atoms with E-state index in [4.69, 9.17) is 23.2 Å². The topological polar surface area (TPSA) is 178 Å². The first kappa shape index (κ1) is 40.6. The van der Waals surface area contributed by atoms with Crippen LogP contribution in [0.1, 0.15) is 27.7 Å². The van der Waals surface area contributed by atoms with Gasteiger partial charge >= 0.3 is 0 Å². The number of anilines is 2. The summed E-state index contributed by atoms with van der Waals surface area (Å²) in [7, 11) is -7.85. The second-order valence-electron chi connectivity index (χ2n) is 12.4. The van der Waals surface area contributed by atoms with Crippen molar-refractivity contribution in [2.45, 2.75) is 47.0 Å². The summed E-state index contributed by atoms with van der Waals surface area (Å²) in [5, 5.41) is 10.2. The van der Waals surface area contributed by atoms with Crippen molar-refractivity contribution in [1.82, 2.24) is 19.9 Å². The van der Waals surface area contributed by atoms with E-state index in [1.165, 1.54) is 98.9 Å². The molecular formula is C36H32Cl2N6O6S4. The first-order chi connectivity index (χ1) is 25.4. The summed E-state index contributed by atoms with van der Waals surface area (Å²) in [6.45, 7) is 5.45. The van der Waals surface area contributed by atoms with Gasteiger partial charge in [-0.1, -0.05) is 29.3 Å². The van der Waals surface area contributed by atoms with Crippen LogP contribution in [0, 0.1) is 0 Å². The number of rotatable bonds is 10. The molecule has 0 spiro atoms. The van der Waals surface area contributed by atoms with Crippen LogP contribution in [-0.4, -0.2) is 58.1 Å². The molecule has 4 heterocycles. The predicted octanol–water partition coefficient (Wildman–Crippen LogP) is 8.10. The minimum absolute atomic E-state index is 0.0281. The monoisotopic (exact) mass is 842 g/mol. The van der Waals surface area contributed by atoms with Gasteiger partial charge in [0.1, 0.15) is 15.2 Å². The third-order valence-corrected chi connectivity index (χ3v) is 14.9. The Hall–Kier alpha value is -4.58. The van der Waals surface area contributed by atoms with Crippen molar-refractivity contribution in [2.75, 3.05) is 10.6 Å². The zero-order valence-corrected chi connectivity index (χ0v) is 33.8. The van der Waals surface area contributed by atoms with E-state index in [-0.39, 0.29) is 9.79 Å². The maximum atomic E-state index is 12.9. The maximum Gasteiger partial charge on any atom is 0.247 e. The van der Waals surface area contributed by atoms with Crippen molar-refractivity contribution in [3.8, 4) is 22.6 Å². The SMILES string of the molecule is CC(C)(C(=O)Nc1nc(-c2ccccn2)cs1)S(=O)(=O)c1ccc(Cl)cc1.CC(C)(C(=O)Nc1nc(-c2cccnc2)cs1)S(=O)(=O)c1ccc(Cl)cc1. The smallest absolute Gasteiger partial charge is 0.247 e. The highest BCUT2D eigenvalue weighted by Gasteiger charge is 2.44. The summed E-state index contributed by atoms with van der Waals surface area (Å²) < 4.78 is 48.2. The molecule has 0 saturated heterocycles. The van der Waals surface area contributed by atoms with E-state index >= 15 is 0 Å². The highest BCUT2D eigenvalue weighted by Crippen LogP contribution is 2.31. The molecule has 0 fully saturated rings. The van der Waals surface area contributed by atoms with E-state index in [2.05, 4.69) is 30.6 Å². The Morgan fingerprint density at radius 3 is 1.54 bits per heavy atom. The quantitative estimate of drug-likeness (QED) is 0.137. The Morgan fingerprint density at radius 1 is 0.611 bits per heavy atom. The number of nitrogens with zero attached hydrogens (tertiary/aromatic N) is 4. The molecule has 280 valence electrons. The molecule has 2 aromatic carbocycles. The first-order valence-corrected chi connectivity index (χ1v) is 21.3. The van der Waals surface area contributed by atoms with Crippen molar-refractivity contribution in [1.29, 1.82) is 0 Å². The van der Waals surface area contributed by atoms with Crippen molar-refractivity contribution in [3.63, 3.8) is 0 Å². The summed E-state index contributed by atoms with van der Waals surface area (Å²) in [6.07, 6.45) is 4.97. The van der Waals surface area contributed by atoms with Gasteiger partial charge in [0, 0.05) is 45.0 Å². The van der Waals surface area contributed by atoms with Crippen LogP contribution in [0.3, 0.4) is 0 Å². The minimum Gasteiger partial charge on any atom is -0.301 e. The molecule has 0 bridgehead atoms. The maximum absolute atomic E-state index is 12.9. The molecule has 2 N–H and O–H groups in total. The molecule has 4 aromatic heterocycles. The largest absolute Gasteiger partial charge is 0.301 e. The number of hydrogen-bond donors (Lipinski definition) is 2. The van der Waals surface area contributed by atoms with Gasteiger partial charge in [0.15, 0.2) is 29.9 Å². The highest BCUT2D eigenvalue weighted by molar-refractivity contribution is 7.94. The van der Waals surface area contributed by atoms with Crippen LogP contribution in [0.15, 0.2) is 118 Å². The molecule has 0 saturated carbocycles. The minimum atomic E-state index is -3.93. The van der Waals surface area contributed by atoms with Crippen LogP contribution >= 0.6 is 45.9 Å².